The summed E-state index contributed by atoms with van der Waals surface area (Å²) >= 11 is 3.25. The lowest BCUT2D eigenvalue weighted by Crippen LogP contribution is -2.03. The van der Waals surface area contributed by atoms with Gasteiger partial charge in [-0.05, 0) is 24.6 Å². The molecule has 102 valence electrons. The fraction of sp³-hybridized carbons (Fsp3) is 0.600. The zero-order valence-corrected chi connectivity index (χ0v) is 12.7. The van der Waals surface area contributed by atoms with Gasteiger partial charge in [0.1, 0.15) is 5.82 Å². The molecule has 0 spiro atoms. The standard InChI is InChI=1S/C15H23BrFN/c1-2-3-4-5-6-7-8-11-18-15-10-9-13(16)12-14(15)17/h9-10,12,18H,2-8,11H2,1H3. The van der Waals surface area contributed by atoms with E-state index in [0.29, 0.717) is 5.69 Å². The lowest BCUT2D eigenvalue weighted by atomic mass is 10.1. The summed E-state index contributed by atoms with van der Waals surface area (Å²) in [5.74, 6) is -0.188. The molecule has 1 aromatic carbocycles. The van der Waals surface area contributed by atoms with Gasteiger partial charge in [0.15, 0.2) is 0 Å². The number of anilines is 1. The monoisotopic (exact) mass is 315 g/mol. The Kier molecular flexibility index (Phi) is 8.06. The SMILES string of the molecule is CCCCCCCCCNc1ccc(Br)cc1F. The number of rotatable bonds is 9. The molecule has 1 aromatic rings. The van der Waals surface area contributed by atoms with Crippen molar-refractivity contribution in [3.05, 3.63) is 28.5 Å². The number of nitrogens with one attached hydrogen (secondary N) is 1. The van der Waals surface area contributed by atoms with Crippen molar-refractivity contribution in [2.24, 2.45) is 0 Å². The average Bonchev–Trinajstić information content (AvgIpc) is 2.35. The lowest BCUT2D eigenvalue weighted by molar-refractivity contribution is 0.594. The van der Waals surface area contributed by atoms with Crippen molar-refractivity contribution in [1.29, 1.82) is 0 Å². The molecular formula is C15H23BrFN. The number of hydrogen-bond acceptors (Lipinski definition) is 1. The van der Waals surface area contributed by atoms with Crippen molar-refractivity contribution >= 4 is 21.6 Å². The molecule has 0 unspecified atom stereocenters. The number of hydrogen-bond donors (Lipinski definition) is 1. The fourth-order valence-electron chi connectivity index (χ4n) is 1.94. The van der Waals surface area contributed by atoms with E-state index in [2.05, 4.69) is 28.2 Å². The topological polar surface area (TPSA) is 12.0 Å². The number of benzene rings is 1. The zero-order valence-electron chi connectivity index (χ0n) is 11.1. The van der Waals surface area contributed by atoms with Crippen molar-refractivity contribution in [3.63, 3.8) is 0 Å². The molecule has 0 amide bonds. The molecule has 18 heavy (non-hydrogen) atoms. The molecule has 0 aliphatic carbocycles. The fourth-order valence-corrected chi connectivity index (χ4v) is 2.27. The van der Waals surface area contributed by atoms with Crippen molar-refractivity contribution in [3.8, 4) is 0 Å². The summed E-state index contributed by atoms with van der Waals surface area (Å²) in [4.78, 5) is 0. The van der Waals surface area contributed by atoms with Gasteiger partial charge in [0.05, 0.1) is 5.69 Å². The molecule has 3 heteroatoms. The van der Waals surface area contributed by atoms with Gasteiger partial charge >= 0.3 is 0 Å². The molecule has 0 radical (unpaired) electrons. The van der Waals surface area contributed by atoms with Gasteiger partial charge in [-0.1, -0.05) is 61.4 Å². The van der Waals surface area contributed by atoms with Gasteiger partial charge in [0.2, 0.25) is 0 Å². The Morgan fingerprint density at radius 3 is 2.39 bits per heavy atom. The first-order chi connectivity index (χ1) is 8.74. The van der Waals surface area contributed by atoms with E-state index < -0.39 is 0 Å². The molecule has 0 heterocycles. The molecule has 0 atom stereocenters. The van der Waals surface area contributed by atoms with Crippen molar-refractivity contribution in [1.82, 2.24) is 0 Å². The van der Waals surface area contributed by atoms with Crippen LogP contribution in [0.4, 0.5) is 10.1 Å². The number of halogens is 2. The summed E-state index contributed by atoms with van der Waals surface area (Å²) in [6, 6.07) is 5.13. The Balaban J connectivity index is 2.07. The Bertz CT molecular complexity index is 341. The summed E-state index contributed by atoms with van der Waals surface area (Å²) in [7, 11) is 0. The summed E-state index contributed by atoms with van der Waals surface area (Å²) in [6.07, 6.45) is 8.97. The minimum Gasteiger partial charge on any atom is -0.383 e. The highest BCUT2D eigenvalue weighted by Crippen LogP contribution is 2.19. The maximum Gasteiger partial charge on any atom is 0.147 e. The summed E-state index contributed by atoms with van der Waals surface area (Å²) < 4.78 is 14.3. The maximum absolute atomic E-state index is 13.5. The minimum absolute atomic E-state index is 0.188. The van der Waals surface area contributed by atoms with Crippen LogP contribution in [0.2, 0.25) is 0 Å². The van der Waals surface area contributed by atoms with Gasteiger partial charge < -0.3 is 5.32 Å². The van der Waals surface area contributed by atoms with E-state index in [1.54, 1.807) is 6.07 Å². The average molecular weight is 316 g/mol. The molecule has 1 nitrogen and oxygen atoms in total. The minimum atomic E-state index is -0.188. The quantitative estimate of drug-likeness (QED) is 0.572. The third kappa shape index (κ3) is 6.39. The normalized spacial score (nSPS) is 10.6. The summed E-state index contributed by atoms with van der Waals surface area (Å²) in [5, 5.41) is 3.15. The van der Waals surface area contributed by atoms with Crippen LogP contribution < -0.4 is 5.32 Å². The van der Waals surface area contributed by atoms with Crippen LogP contribution in [-0.2, 0) is 0 Å². The van der Waals surface area contributed by atoms with E-state index in [-0.39, 0.29) is 5.82 Å². The first-order valence-corrected chi connectivity index (χ1v) is 7.72. The van der Waals surface area contributed by atoms with Gasteiger partial charge in [0.25, 0.3) is 0 Å². The Hall–Kier alpha value is -0.570. The van der Waals surface area contributed by atoms with Gasteiger partial charge in [-0.15, -0.1) is 0 Å². The second kappa shape index (κ2) is 9.37. The predicted octanol–water partition coefficient (Wildman–Crippen LogP) is 5.75. The smallest absolute Gasteiger partial charge is 0.147 e. The zero-order chi connectivity index (χ0) is 13.2. The highest BCUT2D eigenvalue weighted by atomic mass is 79.9. The second-order valence-corrected chi connectivity index (χ2v) is 5.59. The van der Waals surface area contributed by atoms with Crippen LogP contribution in [0.25, 0.3) is 0 Å². The molecular weight excluding hydrogens is 293 g/mol. The summed E-state index contributed by atoms with van der Waals surface area (Å²) in [5.41, 5.74) is 0.601. The molecule has 0 bridgehead atoms. The van der Waals surface area contributed by atoms with E-state index in [9.17, 15) is 4.39 Å². The van der Waals surface area contributed by atoms with Gasteiger partial charge in [-0.3, -0.25) is 0 Å². The summed E-state index contributed by atoms with van der Waals surface area (Å²) in [6.45, 7) is 3.09. The third-order valence-electron chi connectivity index (χ3n) is 3.03. The van der Waals surface area contributed by atoms with E-state index in [4.69, 9.17) is 0 Å². The third-order valence-corrected chi connectivity index (χ3v) is 3.52. The molecule has 0 saturated carbocycles. The van der Waals surface area contributed by atoms with Crippen molar-refractivity contribution < 1.29 is 4.39 Å². The van der Waals surface area contributed by atoms with Gasteiger partial charge in [-0.2, -0.15) is 0 Å². The maximum atomic E-state index is 13.5. The first-order valence-electron chi connectivity index (χ1n) is 6.93. The first kappa shape index (κ1) is 15.5. The Labute approximate surface area is 118 Å². The van der Waals surface area contributed by atoms with E-state index in [1.807, 2.05) is 6.07 Å². The van der Waals surface area contributed by atoms with Crippen LogP contribution in [0.5, 0.6) is 0 Å². The lowest BCUT2D eigenvalue weighted by Gasteiger charge is -2.07. The number of unbranched alkanes of at least 4 members (excludes halogenated alkanes) is 6. The van der Waals surface area contributed by atoms with Crippen LogP contribution in [-0.4, -0.2) is 6.54 Å². The van der Waals surface area contributed by atoms with Crippen LogP contribution in [0.15, 0.2) is 22.7 Å². The second-order valence-electron chi connectivity index (χ2n) is 4.67. The largest absolute Gasteiger partial charge is 0.383 e. The van der Waals surface area contributed by atoms with Gasteiger partial charge in [0, 0.05) is 11.0 Å². The predicted molar refractivity (Wildman–Crippen MR) is 80.6 cm³/mol. The van der Waals surface area contributed by atoms with Crippen LogP contribution in [0, 0.1) is 5.82 Å². The molecule has 0 aliphatic rings. The van der Waals surface area contributed by atoms with E-state index in [0.717, 1.165) is 17.4 Å². The highest BCUT2D eigenvalue weighted by Gasteiger charge is 2.01. The molecule has 0 saturated heterocycles. The molecule has 1 rings (SSSR count). The van der Waals surface area contributed by atoms with Gasteiger partial charge in [-0.25, -0.2) is 4.39 Å². The Morgan fingerprint density at radius 2 is 1.72 bits per heavy atom. The van der Waals surface area contributed by atoms with Crippen molar-refractivity contribution in [2.75, 3.05) is 11.9 Å². The van der Waals surface area contributed by atoms with Crippen molar-refractivity contribution in [2.45, 2.75) is 51.9 Å². The highest BCUT2D eigenvalue weighted by molar-refractivity contribution is 9.10. The van der Waals surface area contributed by atoms with E-state index in [1.165, 1.54) is 44.6 Å². The Morgan fingerprint density at radius 1 is 1.06 bits per heavy atom. The van der Waals surface area contributed by atoms with Crippen LogP contribution in [0.1, 0.15) is 51.9 Å². The van der Waals surface area contributed by atoms with Crippen LogP contribution >= 0.6 is 15.9 Å². The molecule has 0 fully saturated rings. The molecule has 0 aliphatic heterocycles. The van der Waals surface area contributed by atoms with Crippen LogP contribution in [0.3, 0.4) is 0 Å². The molecule has 1 N–H and O–H groups in total. The molecule has 0 aromatic heterocycles. The van der Waals surface area contributed by atoms with E-state index >= 15 is 0 Å².